The Morgan fingerprint density at radius 2 is 1.35 bits per heavy atom. The maximum atomic E-state index is 12.2. The molecule has 2 saturated heterocycles. The first-order valence-electron chi connectivity index (χ1n) is 16.4. The van der Waals surface area contributed by atoms with Gasteiger partial charge in [0.1, 0.15) is 21.9 Å². The van der Waals surface area contributed by atoms with Crippen LogP contribution in [0.2, 0.25) is 15.3 Å². The van der Waals surface area contributed by atoms with E-state index >= 15 is 0 Å². The van der Waals surface area contributed by atoms with Gasteiger partial charge in [-0.2, -0.15) is 0 Å². The Labute approximate surface area is 312 Å². The molecule has 0 bridgehead atoms. The van der Waals surface area contributed by atoms with Crippen molar-refractivity contribution in [2.45, 2.75) is 90.5 Å². The molecule has 20 heteroatoms. The fourth-order valence-corrected chi connectivity index (χ4v) is 5.31. The number of likely N-dealkylation sites (tertiary alicyclic amines) is 2. The number of pyridine rings is 2. The van der Waals surface area contributed by atoms with Gasteiger partial charge in [-0.25, -0.2) is 19.6 Å². The maximum absolute atomic E-state index is 12.2. The van der Waals surface area contributed by atoms with Gasteiger partial charge in [0.2, 0.25) is 10.3 Å². The number of halogens is 4. The summed E-state index contributed by atoms with van der Waals surface area (Å²) in [6.07, 6.45) is 5.63. The molecule has 51 heavy (non-hydrogen) atoms. The third-order valence-corrected chi connectivity index (χ3v) is 7.48. The largest absolute Gasteiger partial charge is 0.444 e. The quantitative estimate of drug-likeness (QED) is 0.174. The molecule has 16 nitrogen and oxygen atoms in total. The molecule has 2 fully saturated rings. The fraction of sp³-hybridized carbons (Fsp3) is 0.613. The maximum Gasteiger partial charge on any atom is 0.410 e. The van der Waals surface area contributed by atoms with Gasteiger partial charge in [0.15, 0.2) is 0 Å². The second kappa shape index (κ2) is 20.9. The zero-order valence-electron chi connectivity index (χ0n) is 30.4. The number of aromatic nitrogens is 2. The van der Waals surface area contributed by atoms with E-state index in [1.54, 1.807) is 9.80 Å². The molecule has 4 heterocycles. The van der Waals surface area contributed by atoms with E-state index < -0.39 is 28.2 Å². The average Bonchev–Trinajstić information content (AvgIpc) is 3.00. The Morgan fingerprint density at radius 3 is 1.78 bits per heavy atom. The van der Waals surface area contributed by atoms with E-state index in [1.165, 1.54) is 24.5 Å². The summed E-state index contributed by atoms with van der Waals surface area (Å²) in [5.41, 5.74) is 4.49. The van der Waals surface area contributed by atoms with Crippen molar-refractivity contribution in [2.24, 2.45) is 5.73 Å². The van der Waals surface area contributed by atoms with Crippen LogP contribution in [0.4, 0.5) is 31.0 Å². The molecule has 4 rings (SSSR count). The first-order chi connectivity index (χ1) is 24.1. The number of ether oxygens (including phenoxy) is 2. The minimum atomic E-state index is -1.00. The van der Waals surface area contributed by atoms with Crippen molar-refractivity contribution in [1.82, 2.24) is 19.8 Å². The SMILES string of the molecule is CC(C)(C)OC(=O)N1CCC[C@@H](N)C1.CC(C)(C)OC(=O)N1CCC[C@@H](Nc2ccnc(Cl)c2[N+](=O)[O-])C1.O=[N+]([O-])c1c(Cl)ccnc1Cl.[2H]CF. The molecule has 0 spiro atoms. The number of hydrogen-bond donors (Lipinski definition) is 2. The molecular formula is C31H46Cl3FN8O8. The predicted octanol–water partition coefficient (Wildman–Crippen LogP) is 7.68. The van der Waals surface area contributed by atoms with Crippen LogP contribution in [-0.4, -0.2) is 98.4 Å². The summed E-state index contributed by atoms with van der Waals surface area (Å²) in [5, 5.41) is 24.2. The number of nitrogens with one attached hydrogen (secondary N) is 1. The van der Waals surface area contributed by atoms with Crippen LogP contribution >= 0.6 is 34.8 Å². The van der Waals surface area contributed by atoms with E-state index in [0.717, 1.165) is 32.2 Å². The molecule has 0 saturated carbocycles. The lowest BCUT2D eigenvalue weighted by atomic mass is 10.1. The molecule has 0 radical (unpaired) electrons. The first-order valence-corrected chi connectivity index (χ1v) is 16.8. The predicted molar refractivity (Wildman–Crippen MR) is 193 cm³/mol. The Morgan fingerprint density at radius 1 is 0.902 bits per heavy atom. The summed E-state index contributed by atoms with van der Waals surface area (Å²) in [5.74, 6) is 0. The molecule has 0 unspecified atom stereocenters. The Bertz CT molecular complexity index is 1480. The number of carbonyl (C=O) groups is 2. The van der Waals surface area contributed by atoms with Crippen molar-refractivity contribution in [3.05, 3.63) is 60.1 Å². The number of anilines is 1. The second-order valence-electron chi connectivity index (χ2n) is 13.2. The van der Waals surface area contributed by atoms with E-state index in [9.17, 15) is 34.2 Å². The lowest BCUT2D eigenvalue weighted by Gasteiger charge is -2.34. The number of amides is 2. The Balaban J connectivity index is 0.000000408. The summed E-state index contributed by atoms with van der Waals surface area (Å²) in [6, 6.07) is 2.81. The Kier molecular flexibility index (Phi) is 17.8. The number of alkyl halides is 1. The lowest BCUT2D eigenvalue weighted by molar-refractivity contribution is -0.384. The smallest absolute Gasteiger partial charge is 0.410 e. The van der Waals surface area contributed by atoms with Crippen molar-refractivity contribution < 1.29 is 34.7 Å². The minimum Gasteiger partial charge on any atom is -0.444 e. The molecule has 2 atom stereocenters. The summed E-state index contributed by atoms with van der Waals surface area (Å²) in [4.78, 5) is 54.5. The highest BCUT2D eigenvalue weighted by Crippen LogP contribution is 2.32. The molecule has 2 amide bonds. The summed E-state index contributed by atoms with van der Waals surface area (Å²) >= 11 is 16.7. The van der Waals surface area contributed by atoms with E-state index in [1.807, 2.05) is 41.5 Å². The van der Waals surface area contributed by atoms with Gasteiger partial charge in [0.05, 0.1) is 18.4 Å². The van der Waals surface area contributed by atoms with Gasteiger partial charge < -0.3 is 30.3 Å². The molecule has 3 N–H and O–H groups in total. The van der Waals surface area contributed by atoms with Gasteiger partial charge in [-0.05, 0) is 79.4 Å². The highest BCUT2D eigenvalue weighted by atomic mass is 35.5. The van der Waals surface area contributed by atoms with Crippen LogP contribution in [-0.2, 0) is 9.47 Å². The first kappa shape index (κ1) is 43.4. The van der Waals surface area contributed by atoms with Crippen LogP contribution in [0.1, 0.15) is 68.6 Å². The number of nitro groups is 2. The summed E-state index contributed by atoms with van der Waals surface area (Å²) < 4.78 is 26.1. The highest BCUT2D eigenvalue weighted by Gasteiger charge is 2.30. The van der Waals surface area contributed by atoms with E-state index in [-0.39, 0.29) is 51.0 Å². The molecule has 2 aromatic heterocycles. The van der Waals surface area contributed by atoms with Crippen LogP contribution in [0.15, 0.2) is 24.5 Å². The van der Waals surface area contributed by atoms with Crippen LogP contribution in [0.5, 0.6) is 0 Å². The van der Waals surface area contributed by atoms with Crippen LogP contribution < -0.4 is 11.1 Å². The van der Waals surface area contributed by atoms with Gasteiger partial charge in [-0.1, -0.05) is 34.8 Å². The number of nitrogens with zero attached hydrogens (tertiary/aromatic N) is 6. The van der Waals surface area contributed by atoms with Crippen LogP contribution in [0, 0.1) is 20.2 Å². The van der Waals surface area contributed by atoms with Crippen molar-refractivity contribution in [2.75, 3.05) is 38.6 Å². The second-order valence-corrected chi connectivity index (χ2v) is 14.3. The normalized spacial score (nSPS) is 17.4. The van der Waals surface area contributed by atoms with Crippen molar-refractivity contribution >= 4 is 64.1 Å². The molecule has 2 aromatic rings. The van der Waals surface area contributed by atoms with Crippen molar-refractivity contribution in [3.63, 3.8) is 0 Å². The third kappa shape index (κ3) is 16.4. The van der Waals surface area contributed by atoms with Gasteiger partial charge in [-0.3, -0.25) is 24.6 Å². The van der Waals surface area contributed by atoms with E-state index in [0.29, 0.717) is 25.3 Å². The number of piperidine rings is 2. The Hall–Kier alpha value is -3.80. The minimum absolute atomic E-state index is 0.00463. The molecule has 2 aliphatic rings. The third-order valence-electron chi connectivity index (χ3n) is 6.62. The van der Waals surface area contributed by atoms with Crippen molar-refractivity contribution in [3.8, 4) is 0 Å². The zero-order chi connectivity index (χ0) is 39.8. The molecule has 286 valence electrons. The van der Waals surface area contributed by atoms with Gasteiger partial charge in [0, 0.05) is 50.7 Å². The number of carbonyl (C=O) groups excluding carboxylic acids is 2. The zero-order valence-corrected chi connectivity index (χ0v) is 31.6. The van der Waals surface area contributed by atoms with Gasteiger partial charge >= 0.3 is 23.6 Å². The molecular weight excluding hydrogens is 738 g/mol. The summed E-state index contributed by atoms with van der Waals surface area (Å²) in [6.45, 7) is 13.4. The average molecular weight is 785 g/mol. The summed E-state index contributed by atoms with van der Waals surface area (Å²) in [7, 11) is -1.00. The lowest BCUT2D eigenvalue weighted by Crippen LogP contribution is -2.47. The van der Waals surface area contributed by atoms with E-state index in [2.05, 4.69) is 15.3 Å². The topological polar surface area (TPSA) is 209 Å². The monoisotopic (exact) mass is 783 g/mol. The molecule has 2 aliphatic heterocycles. The number of nitrogens with two attached hydrogens (primary N) is 1. The number of rotatable bonds is 4. The fourth-order valence-electron chi connectivity index (χ4n) is 4.60. The van der Waals surface area contributed by atoms with Gasteiger partial charge in [0.25, 0.3) is 0 Å². The van der Waals surface area contributed by atoms with Crippen molar-refractivity contribution in [1.29, 1.82) is 0 Å². The van der Waals surface area contributed by atoms with Crippen LogP contribution in [0.25, 0.3) is 0 Å². The molecule has 0 aliphatic carbocycles. The standard InChI is InChI=1S/C15H21ClN4O4.C10H20N2O2.C5H2Cl2N2O2.CH3F/c1-15(2,3)24-14(21)19-8-4-5-10(9-19)18-11-6-7-17-13(16)12(11)20(22)23;1-10(2,3)14-9(13)12-6-4-5-8(11)7-12;6-3-1-2-8-5(7)4(3)9(10)11;1-2/h6-7,10H,4-5,8-9H2,1-3H3,(H,17,18);8H,4-7,11H2,1-3H3;1-2H;1H3/t10-;8-;;/m11../s1/i;;;1D. The molecule has 0 aromatic carbocycles. The van der Waals surface area contributed by atoms with Gasteiger partial charge in [-0.15, -0.1) is 0 Å². The van der Waals surface area contributed by atoms with E-state index in [4.69, 9.17) is 51.4 Å². The highest BCUT2D eigenvalue weighted by molar-refractivity contribution is 6.37. The van der Waals surface area contributed by atoms with Crippen LogP contribution in [0.3, 0.4) is 0 Å². The number of hydrogen-bond acceptors (Lipinski definition) is 12.